The number of carbonyl (C=O) groups excluding carboxylic acids is 2. The number of piperazine rings is 1. The number of rotatable bonds is 3. The molecule has 2 fully saturated rings. The Hall–Kier alpha value is -2.67. The van der Waals surface area contributed by atoms with Crippen LogP contribution in [0.2, 0.25) is 0 Å². The largest absolute Gasteiger partial charge is 0.336 e. The summed E-state index contributed by atoms with van der Waals surface area (Å²) in [6.45, 7) is 7.09. The van der Waals surface area contributed by atoms with Crippen molar-refractivity contribution >= 4 is 11.8 Å². The van der Waals surface area contributed by atoms with Gasteiger partial charge in [-0.2, -0.15) is 5.10 Å². The third kappa shape index (κ3) is 3.42. The molecule has 148 valence electrons. The second-order valence-corrected chi connectivity index (χ2v) is 7.60. The molecule has 0 radical (unpaired) electrons. The van der Waals surface area contributed by atoms with Gasteiger partial charge in [0.1, 0.15) is 0 Å². The zero-order chi connectivity index (χ0) is 19.7. The maximum absolute atomic E-state index is 13.4. The van der Waals surface area contributed by atoms with Gasteiger partial charge < -0.3 is 15.1 Å². The van der Waals surface area contributed by atoms with Gasteiger partial charge >= 0.3 is 0 Å². The van der Waals surface area contributed by atoms with E-state index in [1.165, 1.54) is 0 Å². The molecule has 2 aliphatic rings. The topological polar surface area (TPSA) is 70.5 Å². The molecule has 28 heavy (non-hydrogen) atoms. The molecule has 1 atom stereocenters. The standard InChI is InChI=1S/C21H27N5O2/c1-15-20(16(2)26(23-15)17-7-4-3-5-8-17)21(28)24-11-6-9-18(14-24)25-12-10-22-13-19(25)27/h3-5,7-8,18,22H,6,9-14H2,1-2H3. The molecule has 3 heterocycles. The first kappa shape index (κ1) is 18.7. The van der Waals surface area contributed by atoms with E-state index >= 15 is 0 Å². The number of nitrogens with one attached hydrogen (secondary N) is 1. The van der Waals surface area contributed by atoms with Crippen molar-refractivity contribution < 1.29 is 9.59 Å². The number of aromatic nitrogens is 2. The number of nitrogens with zero attached hydrogens (tertiary/aromatic N) is 4. The van der Waals surface area contributed by atoms with Crippen LogP contribution in [-0.2, 0) is 4.79 Å². The van der Waals surface area contributed by atoms with Crippen molar-refractivity contribution in [3.8, 4) is 5.69 Å². The Bertz CT molecular complexity index is 876. The van der Waals surface area contributed by atoms with Gasteiger partial charge in [-0.15, -0.1) is 0 Å². The molecule has 0 spiro atoms. The zero-order valence-corrected chi connectivity index (χ0v) is 16.5. The van der Waals surface area contributed by atoms with Crippen LogP contribution in [0.25, 0.3) is 5.69 Å². The summed E-state index contributed by atoms with van der Waals surface area (Å²) in [7, 11) is 0. The molecule has 0 bridgehead atoms. The van der Waals surface area contributed by atoms with Crippen molar-refractivity contribution in [2.45, 2.75) is 32.7 Å². The SMILES string of the molecule is Cc1nn(-c2ccccc2)c(C)c1C(=O)N1CCCC(N2CCNCC2=O)C1. The summed E-state index contributed by atoms with van der Waals surface area (Å²) < 4.78 is 1.84. The number of amides is 2. The minimum atomic E-state index is 0.0180. The molecule has 2 saturated heterocycles. The van der Waals surface area contributed by atoms with Crippen molar-refractivity contribution in [3.63, 3.8) is 0 Å². The van der Waals surface area contributed by atoms with Crippen LogP contribution >= 0.6 is 0 Å². The van der Waals surface area contributed by atoms with E-state index in [4.69, 9.17) is 0 Å². The Balaban J connectivity index is 1.56. The molecule has 2 aromatic rings. The molecule has 4 rings (SSSR count). The van der Waals surface area contributed by atoms with Crippen LogP contribution in [0.3, 0.4) is 0 Å². The van der Waals surface area contributed by atoms with Crippen molar-refractivity contribution in [1.82, 2.24) is 24.9 Å². The molecule has 7 heteroatoms. The Labute approximate surface area is 165 Å². The number of benzene rings is 1. The van der Waals surface area contributed by atoms with Gasteiger partial charge in [0.15, 0.2) is 0 Å². The lowest BCUT2D eigenvalue weighted by Gasteiger charge is -2.41. The van der Waals surface area contributed by atoms with Crippen LogP contribution in [0.5, 0.6) is 0 Å². The van der Waals surface area contributed by atoms with Crippen LogP contribution in [0.15, 0.2) is 30.3 Å². The highest BCUT2D eigenvalue weighted by Gasteiger charge is 2.33. The monoisotopic (exact) mass is 381 g/mol. The molecular formula is C21H27N5O2. The summed E-state index contributed by atoms with van der Waals surface area (Å²) in [5.74, 6) is 0.152. The van der Waals surface area contributed by atoms with Crippen LogP contribution in [-0.4, -0.2) is 70.2 Å². The highest BCUT2D eigenvalue weighted by atomic mass is 16.2. The van der Waals surface area contributed by atoms with E-state index in [0.29, 0.717) is 18.7 Å². The Morgan fingerprint density at radius 3 is 2.71 bits per heavy atom. The minimum absolute atomic E-state index is 0.0180. The Morgan fingerprint density at radius 2 is 1.96 bits per heavy atom. The van der Waals surface area contributed by atoms with E-state index in [-0.39, 0.29) is 17.9 Å². The summed E-state index contributed by atoms with van der Waals surface area (Å²) >= 11 is 0. The average molecular weight is 381 g/mol. The summed E-state index contributed by atoms with van der Waals surface area (Å²) in [5, 5.41) is 7.73. The van der Waals surface area contributed by atoms with Gasteiger partial charge in [-0.3, -0.25) is 9.59 Å². The first-order chi connectivity index (χ1) is 13.6. The molecule has 7 nitrogen and oxygen atoms in total. The van der Waals surface area contributed by atoms with Gasteiger partial charge in [-0.25, -0.2) is 4.68 Å². The molecular weight excluding hydrogens is 354 g/mol. The fourth-order valence-electron chi connectivity index (χ4n) is 4.33. The lowest BCUT2D eigenvalue weighted by molar-refractivity contribution is -0.135. The average Bonchev–Trinajstić information content (AvgIpc) is 3.02. The fraction of sp³-hybridized carbons (Fsp3) is 0.476. The number of para-hydroxylation sites is 1. The molecule has 1 aromatic carbocycles. The quantitative estimate of drug-likeness (QED) is 0.875. The van der Waals surface area contributed by atoms with Gasteiger partial charge in [0.25, 0.3) is 5.91 Å². The van der Waals surface area contributed by atoms with Crippen molar-refractivity contribution in [2.24, 2.45) is 0 Å². The maximum Gasteiger partial charge on any atom is 0.257 e. The third-order valence-corrected chi connectivity index (χ3v) is 5.76. The molecule has 0 saturated carbocycles. The van der Waals surface area contributed by atoms with Crippen LogP contribution in [0, 0.1) is 13.8 Å². The molecule has 2 aliphatic heterocycles. The number of piperidine rings is 1. The smallest absolute Gasteiger partial charge is 0.257 e. The lowest BCUT2D eigenvalue weighted by Crippen LogP contribution is -2.57. The first-order valence-electron chi connectivity index (χ1n) is 9.97. The number of carbonyl (C=O) groups is 2. The Kier molecular flexibility index (Phi) is 5.17. The fourth-order valence-corrected chi connectivity index (χ4v) is 4.33. The highest BCUT2D eigenvalue weighted by molar-refractivity contribution is 5.96. The van der Waals surface area contributed by atoms with Gasteiger partial charge in [0, 0.05) is 32.2 Å². The number of hydrogen-bond acceptors (Lipinski definition) is 4. The summed E-state index contributed by atoms with van der Waals surface area (Å²) in [4.78, 5) is 29.5. The van der Waals surface area contributed by atoms with E-state index in [1.807, 2.05) is 58.7 Å². The molecule has 1 unspecified atom stereocenters. The normalized spacial score (nSPS) is 20.5. The van der Waals surface area contributed by atoms with Crippen LogP contribution < -0.4 is 5.32 Å². The first-order valence-corrected chi connectivity index (χ1v) is 9.97. The Morgan fingerprint density at radius 1 is 1.18 bits per heavy atom. The molecule has 1 N–H and O–H groups in total. The van der Waals surface area contributed by atoms with Crippen molar-refractivity contribution in [2.75, 3.05) is 32.7 Å². The van der Waals surface area contributed by atoms with E-state index in [9.17, 15) is 9.59 Å². The summed E-state index contributed by atoms with van der Waals surface area (Å²) in [6.07, 6.45) is 1.87. The molecule has 2 amide bonds. The second-order valence-electron chi connectivity index (χ2n) is 7.60. The van der Waals surface area contributed by atoms with Crippen LogP contribution in [0.1, 0.15) is 34.6 Å². The number of likely N-dealkylation sites (tertiary alicyclic amines) is 1. The highest BCUT2D eigenvalue weighted by Crippen LogP contribution is 2.23. The predicted octanol–water partition coefficient (Wildman–Crippen LogP) is 1.53. The summed E-state index contributed by atoms with van der Waals surface area (Å²) in [6, 6.07) is 9.98. The van der Waals surface area contributed by atoms with Crippen LogP contribution in [0.4, 0.5) is 0 Å². The van der Waals surface area contributed by atoms with E-state index in [0.717, 1.165) is 49.6 Å². The van der Waals surface area contributed by atoms with Crippen molar-refractivity contribution in [1.29, 1.82) is 0 Å². The number of aryl methyl sites for hydroxylation is 1. The van der Waals surface area contributed by atoms with Gasteiger partial charge in [-0.05, 0) is 38.8 Å². The number of hydrogen-bond donors (Lipinski definition) is 1. The zero-order valence-electron chi connectivity index (χ0n) is 16.5. The van der Waals surface area contributed by atoms with E-state index in [1.54, 1.807) is 0 Å². The lowest BCUT2D eigenvalue weighted by atomic mass is 10.0. The minimum Gasteiger partial charge on any atom is -0.336 e. The van der Waals surface area contributed by atoms with E-state index in [2.05, 4.69) is 10.4 Å². The van der Waals surface area contributed by atoms with Gasteiger partial charge in [0.2, 0.25) is 5.91 Å². The maximum atomic E-state index is 13.4. The summed E-state index contributed by atoms with van der Waals surface area (Å²) in [5.41, 5.74) is 3.22. The predicted molar refractivity (Wildman–Crippen MR) is 107 cm³/mol. The van der Waals surface area contributed by atoms with Gasteiger partial charge in [0.05, 0.1) is 29.2 Å². The van der Waals surface area contributed by atoms with E-state index < -0.39 is 0 Å². The van der Waals surface area contributed by atoms with Crippen molar-refractivity contribution in [3.05, 3.63) is 47.3 Å². The second kappa shape index (κ2) is 7.75. The van der Waals surface area contributed by atoms with Gasteiger partial charge in [-0.1, -0.05) is 18.2 Å². The molecule has 0 aliphatic carbocycles. The third-order valence-electron chi connectivity index (χ3n) is 5.76. The molecule has 1 aromatic heterocycles.